The van der Waals surface area contributed by atoms with E-state index in [0.29, 0.717) is 6.54 Å². The van der Waals surface area contributed by atoms with Crippen molar-refractivity contribution in [2.24, 2.45) is 10.8 Å². The molecule has 0 saturated carbocycles. The van der Waals surface area contributed by atoms with Crippen molar-refractivity contribution in [1.82, 2.24) is 16.2 Å². The van der Waals surface area contributed by atoms with Crippen molar-refractivity contribution in [2.75, 3.05) is 6.54 Å². The third-order valence-electron chi connectivity index (χ3n) is 2.13. The molecule has 0 bridgehead atoms. The molecular formula is C12H25N3O2. The van der Waals surface area contributed by atoms with Crippen molar-refractivity contribution >= 4 is 11.9 Å². The van der Waals surface area contributed by atoms with Crippen LogP contribution < -0.4 is 16.2 Å². The molecule has 0 aliphatic heterocycles. The first-order valence-corrected chi connectivity index (χ1v) is 5.87. The smallest absolute Gasteiger partial charge is 0.333 e. The highest BCUT2D eigenvalue weighted by Crippen LogP contribution is 2.16. The first-order chi connectivity index (χ1) is 7.52. The van der Waals surface area contributed by atoms with E-state index in [1.165, 1.54) is 0 Å². The zero-order valence-corrected chi connectivity index (χ0v) is 11.7. The lowest BCUT2D eigenvalue weighted by atomic mass is 9.92. The van der Waals surface area contributed by atoms with Crippen molar-refractivity contribution in [1.29, 1.82) is 0 Å². The zero-order chi connectivity index (χ0) is 13.7. The van der Waals surface area contributed by atoms with E-state index in [2.05, 4.69) is 36.9 Å². The number of hydrazine groups is 1. The van der Waals surface area contributed by atoms with Crippen LogP contribution in [0.5, 0.6) is 0 Å². The molecule has 0 heterocycles. The van der Waals surface area contributed by atoms with Gasteiger partial charge in [0.25, 0.3) is 0 Å². The van der Waals surface area contributed by atoms with E-state index in [1.807, 2.05) is 0 Å². The number of rotatable bonds is 2. The van der Waals surface area contributed by atoms with Gasteiger partial charge < -0.3 is 5.32 Å². The number of carbonyl (C=O) groups excluding carboxylic acids is 2. The molecule has 0 spiro atoms. The van der Waals surface area contributed by atoms with Crippen molar-refractivity contribution in [3.8, 4) is 0 Å². The van der Waals surface area contributed by atoms with Gasteiger partial charge >= 0.3 is 6.03 Å². The molecule has 5 nitrogen and oxygen atoms in total. The monoisotopic (exact) mass is 243 g/mol. The van der Waals surface area contributed by atoms with Gasteiger partial charge in [0.05, 0.1) is 0 Å². The molecule has 100 valence electrons. The Morgan fingerprint density at radius 3 is 1.88 bits per heavy atom. The third-order valence-corrected chi connectivity index (χ3v) is 2.13. The van der Waals surface area contributed by atoms with Gasteiger partial charge in [0.1, 0.15) is 0 Å². The van der Waals surface area contributed by atoms with Crippen LogP contribution in [0.4, 0.5) is 4.79 Å². The van der Waals surface area contributed by atoms with Crippen molar-refractivity contribution in [3.63, 3.8) is 0 Å². The lowest BCUT2D eigenvalue weighted by Gasteiger charge is -2.20. The van der Waals surface area contributed by atoms with Crippen LogP contribution in [0.15, 0.2) is 0 Å². The normalized spacial score (nSPS) is 11.9. The van der Waals surface area contributed by atoms with Crippen LogP contribution in [-0.2, 0) is 4.79 Å². The highest BCUT2D eigenvalue weighted by molar-refractivity contribution is 5.84. The Balaban J connectivity index is 3.79. The van der Waals surface area contributed by atoms with E-state index in [-0.39, 0.29) is 17.4 Å². The first kappa shape index (κ1) is 15.7. The summed E-state index contributed by atoms with van der Waals surface area (Å²) in [6, 6.07) is -0.383. The van der Waals surface area contributed by atoms with E-state index in [4.69, 9.17) is 0 Å². The summed E-state index contributed by atoms with van der Waals surface area (Å²) >= 11 is 0. The van der Waals surface area contributed by atoms with Crippen LogP contribution >= 0.6 is 0 Å². The van der Waals surface area contributed by atoms with Crippen molar-refractivity contribution in [2.45, 2.75) is 48.0 Å². The maximum atomic E-state index is 11.4. The maximum absolute atomic E-state index is 11.4. The van der Waals surface area contributed by atoms with Gasteiger partial charge in [0, 0.05) is 12.0 Å². The van der Waals surface area contributed by atoms with Crippen LogP contribution in [0.2, 0.25) is 0 Å². The predicted octanol–water partition coefficient (Wildman–Crippen LogP) is 1.80. The van der Waals surface area contributed by atoms with Crippen molar-refractivity contribution < 1.29 is 9.59 Å². The summed E-state index contributed by atoms with van der Waals surface area (Å²) in [6.45, 7) is 12.2. The molecule has 17 heavy (non-hydrogen) atoms. The standard InChI is InChI=1S/C12H25N3O2/c1-11(2,3)7-8-13-10(17)15-14-9(16)12(4,5)6/h7-8H2,1-6H3,(H,14,16)(H2,13,15,17). The predicted molar refractivity (Wildman–Crippen MR) is 68.2 cm³/mol. The molecule has 0 aromatic rings. The van der Waals surface area contributed by atoms with E-state index in [1.54, 1.807) is 20.8 Å². The molecule has 0 aromatic heterocycles. The largest absolute Gasteiger partial charge is 0.337 e. The topological polar surface area (TPSA) is 70.2 Å². The van der Waals surface area contributed by atoms with Gasteiger partial charge in [-0.3, -0.25) is 10.2 Å². The molecule has 3 amide bonds. The molecule has 0 aliphatic carbocycles. The van der Waals surface area contributed by atoms with Gasteiger partial charge in [-0.25, -0.2) is 10.2 Å². The number of hydrogen-bond donors (Lipinski definition) is 3. The fourth-order valence-corrected chi connectivity index (χ4v) is 0.896. The minimum Gasteiger partial charge on any atom is -0.337 e. The molecule has 0 atom stereocenters. The summed E-state index contributed by atoms with van der Waals surface area (Å²) in [5.74, 6) is -0.219. The third kappa shape index (κ3) is 8.54. The molecule has 0 radical (unpaired) electrons. The second-order valence-electron chi connectivity index (χ2n) is 6.40. The Bertz CT molecular complexity index is 274. The van der Waals surface area contributed by atoms with Gasteiger partial charge in [-0.1, -0.05) is 41.5 Å². The van der Waals surface area contributed by atoms with Crippen LogP contribution in [-0.4, -0.2) is 18.5 Å². The second-order valence-corrected chi connectivity index (χ2v) is 6.40. The summed E-state index contributed by atoms with van der Waals surface area (Å²) in [7, 11) is 0. The van der Waals surface area contributed by atoms with Gasteiger partial charge in [-0.15, -0.1) is 0 Å². The molecule has 0 unspecified atom stereocenters. The Morgan fingerprint density at radius 2 is 1.47 bits per heavy atom. The summed E-state index contributed by atoms with van der Waals surface area (Å²) in [5, 5.41) is 2.68. The average Bonchev–Trinajstić information content (AvgIpc) is 2.10. The summed E-state index contributed by atoms with van der Waals surface area (Å²) in [5.41, 5.74) is 4.36. The number of carbonyl (C=O) groups is 2. The average molecular weight is 243 g/mol. The maximum Gasteiger partial charge on any atom is 0.333 e. The number of hydrogen-bond acceptors (Lipinski definition) is 2. The minimum absolute atomic E-state index is 0.182. The van der Waals surface area contributed by atoms with Gasteiger partial charge in [-0.05, 0) is 11.8 Å². The van der Waals surface area contributed by atoms with Crippen molar-refractivity contribution in [3.05, 3.63) is 0 Å². The summed E-state index contributed by atoms with van der Waals surface area (Å²) < 4.78 is 0. The zero-order valence-electron chi connectivity index (χ0n) is 11.7. The minimum atomic E-state index is -0.515. The van der Waals surface area contributed by atoms with Gasteiger partial charge in [0.15, 0.2) is 0 Å². The van der Waals surface area contributed by atoms with E-state index in [9.17, 15) is 9.59 Å². The molecule has 0 aliphatic rings. The summed E-state index contributed by atoms with van der Waals surface area (Å²) in [4.78, 5) is 22.8. The first-order valence-electron chi connectivity index (χ1n) is 5.87. The van der Waals surface area contributed by atoms with Crippen LogP contribution in [0.3, 0.4) is 0 Å². The van der Waals surface area contributed by atoms with Crippen LogP contribution in [0.1, 0.15) is 48.0 Å². The van der Waals surface area contributed by atoms with E-state index < -0.39 is 5.41 Å². The highest BCUT2D eigenvalue weighted by atomic mass is 16.2. The van der Waals surface area contributed by atoms with Gasteiger partial charge in [0.2, 0.25) is 5.91 Å². The molecule has 0 aromatic carbocycles. The summed E-state index contributed by atoms with van der Waals surface area (Å²) in [6.07, 6.45) is 0.883. The lowest BCUT2D eigenvalue weighted by molar-refractivity contribution is -0.129. The van der Waals surface area contributed by atoms with Crippen LogP contribution in [0.25, 0.3) is 0 Å². The van der Waals surface area contributed by atoms with Crippen LogP contribution in [0, 0.1) is 10.8 Å². The van der Waals surface area contributed by atoms with E-state index in [0.717, 1.165) is 6.42 Å². The molecular weight excluding hydrogens is 218 g/mol. The highest BCUT2D eigenvalue weighted by Gasteiger charge is 2.21. The molecule has 5 heteroatoms. The Morgan fingerprint density at radius 1 is 0.941 bits per heavy atom. The SMILES string of the molecule is CC(C)(C)CCNC(=O)NNC(=O)C(C)(C)C. The number of amides is 3. The Hall–Kier alpha value is -1.26. The molecule has 0 saturated heterocycles. The molecule has 0 fully saturated rings. The fraction of sp³-hybridized carbons (Fsp3) is 0.833. The molecule has 3 N–H and O–H groups in total. The second kappa shape index (κ2) is 5.89. The lowest BCUT2D eigenvalue weighted by Crippen LogP contribution is -2.50. The number of urea groups is 1. The Labute approximate surface area is 104 Å². The van der Waals surface area contributed by atoms with Gasteiger partial charge in [-0.2, -0.15) is 0 Å². The quantitative estimate of drug-likeness (QED) is 0.647. The Kier molecular flexibility index (Phi) is 5.45. The van der Waals surface area contributed by atoms with E-state index >= 15 is 0 Å². The fourth-order valence-electron chi connectivity index (χ4n) is 0.896. The number of nitrogens with one attached hydrogen (secondary N) is 3. The molecule has 0 rings (SSSR count).